The number of aromatic nitrogens is 1. The van der Waals surface area contributed by atoms with Crippen molar-refractivity contribution in [1.82, 2.24) is 4.98 Å². The van der Waals surface area contributed by atoms with Crippen LogP contribution in [0.4, 0.5) is 0 Å². The summed E-state index contributed by atoms with van der Waals surface area (Å²) in [5.41, 5.74) is 4.36. The summed E-state index contributed by atoms with van der Waals surface area (Å²) in [6.45, 7) is 2.10. The molecule has 2 N–H and O–H groups in total. The summed E-state index contributed by atoms with van der Waals surface area (Å²) in [7, 11) is 0. The minimum absolute atomic E-state index is 0.0586. The molecule has 20 heavy (non-hydrogen) atoms. The van der Waals surface area contributed by atoms with Crippen LogP contribution in [0, 0.1) is 6.92 Å². The molecule has 3 aromatic rings. The van der Waals surface area contributed by atoms with Gasteiger partial charge >= 0.3 is 0 Å². The van der Waals surface area contributed by atoms with E-state index in [-0.39, 0.29) is 12.5 Å². The lowest BCUT2D eigenvalue weighted by Gasteiger charge is -2.16. The largest absolute Gasteiger partial charge is 0.395 e. The number of nitrogens with one attached hydrogen (secondary N) is 1. The summed E-state index contributed by atoms with van der Waals surface area (Å²) in [4.78, 5) is 3.38. The monoisotopic (exact) mass is 285 g/mol. The molecule has 102 valence electrons. The lowest BCUT2D eigenvalue weighted by atomic mass is 9.90. The van der Waals surface area contributed by atoms with E-state index in [1.54, 1.807) is 0 Å². The first-order chi connectivity index (χ1) is 9.70. The van der Waals surface area contributed by atoms with Crippen LogP contribution in [-0.4, -0.2) is 16.7 Å². The van der Waals surface area contributed by atoms with Gasteiger partial charge in [-0.05, 0) is 36.2 Å². The van der Waals surface area contributed by atoms with Gasteiger partial charge in [-0.2, -0.15) is 0 Å². The first-order valence-electron chi connectivity index (χ1n) is 6.64. The molecule has 0 aliphatic carbocycles. The highest BCUT2D eigenvalue weighted by Gasteiger charge is 2.20. The summed E-state index contributed by atoms with van der Waals surface area (Å²) in [5.74, 6) is -0.0650. The van der Waals surface area contributed by atoms with Crippen LogP contribution in [-0.2, 0) is 0 Å². The normalized spacial score (nSPS) is 12.8. The van der Waals surface area contributed by atoms with E-state index in [4.69, 9.17) is 11.6 Å². The van der Waals surface area contributed by atoms with Crippen molar-refractivity contribution in [3.8, 4) is 0 Å². The highest BCUT2D eigenvalue weighted by Crippen LogP contribution is 2.34. The van der Waals surface area contributed by atoms with E-state index in [0.717, 1.165) is 27.7 Å². The Kier molecular flexibility index (Phi) is 3.51. The van der Waals surface area contributed by atoms with Crippen LogP contribution >= 0.6 is 11.6 Å². The van der Waals surface area contributed by atoms with Crippen molar-refractivity contribution in [2.24, 2.45) is 0 Å². The number of aliphatic hydroxyl groups is 1. The summed E-state index contributed by atoms with van der Waals surface area (Å²) >= 11 is 6.08. The summed E-state index contributed by atoms with van der Waals surface area (Å²) in [5, 5.41) is 11.7. The van der Waals surface area contributed by atoms with Gasteiger partial charge in [0.15, 0.2) is 0 Å². The number of H-pyrrole nitrogens is 1. The van der Waals surface area contributed by atoms with Gasteiger partial charge in [-0.1, -0.05) is 41.9 Å². The molecular weight excluding hydrogens is 270 g/mol. The van der Waals surface area contributed by atoms with Crippen molar-refractivity contribution < 1.29 is 5.11 Å². The van der Waals surface area contributed by atoms with Crippen LogP contribution in [0.15, 0.2) is 48.5 Å². The lowest BCUT2D eigenvalue weighted by molar-refractivity contribution is 0.281. The van der Waals surface area contributed by atoms with Gasteiger partial charge in [0.2, 0.25) is 0 Å². The second-order valence-electron chi connectivity index (χ2n) is 5.00. The predicted molar refractivity (Wildman–Crippen MR) is 83.4 cm³/mol. The van der Waals surface area contributed by atoms with E-state index in [0.29, 0.717) is 5.02 Å². The quantitative estimate of drug-likeness (QED) is 0.741. The third-order valence-corrected chi connectivity index (χ3v) is 3.96. The minimum Gasteiger partial charge on any atom is -0.395 e. The molecule has 0 aliphatic heterocycles. The third kappa shape index (κ3) is 2.21. The van der Waals surface area contributed by atoms with Crippen molar-refractivity contribution >= 4 is 22.5 Å². The number of fused-ring (bicyclic) bond motifs is 1. The number of hydrogen-bond donors (Lipinski definition) is 2. The molecule has 2 aromatic carbocycles. The van der Waals surface area contributed by atoms with Crippen LogP contribution in [0.5, 0.6) is 0 Å². The first-order valence-corrected chi connectivity index (χ1v) is 7.02. The van der Waals surface area contributed by atoms with Gasteiger partial charge in [-0.25, -0.2) is 0 Å². The van der Waals surface area contributed by atoms with Crippen LogP contribution in [0.2, 0.25) is 5.02 Å². The van der Waals surface area contributed by atoms with Crippen molar-refractivity contribution in [1.29, 1.82) is 0 Å². The smallest absolute Gasteiger partial charge is 0.0541 e. The molecule has 0 saturated carbocycles. The zero-order chi connectivity index (χ0) is 14.1. The van der Waals surface area contributed by atoms with Crippen molar-refractivity contribution in [2.45, 2.75) is 12.8 Å². The molecule has 0 unspecified atom stereocenters. The highest BCUT2D eigenvalue weighted by atomic mass is 35.5. The zero-order valence-electron chi connectivity index (χ0n) is 11.2. The van der Waals surface area contributed by atoms with Gasteiger partial charge in [-0.3, -0.25) is 0 Å². The minimum atomic E-state index is -0.0650. The number of aliphatic hydroxyl groups excluding tert-OH is 1. The van der Waals surface area contributed by atoms with E-state index in [2.05, 4.69) is 17.1 Å². The first kappa shape index (κ1) is 13.2. The Labute approximate surface area is 123 Å². The van der Waals surface area contributed by atoms with Gasteiger partial charge in [-0.15, -0.1) is 0 Å². The third-order valence-electron chi connectivity index (χ3n) is 3.73. The number of halogens is 1. The highest BCUT2D eigenvalue weighted by molar-refractivity contribution is 6.30. The molecule has 0 bridgehead atoms. The molecule has 0 fully saturated rings. The molecule has 3 rings (SSSR count). The number of para-hydroxylation sites is 1. The van der Waals surface area contributed by atoms with Crippen LogP contribution in [0.3, 0.4) is 0 Å². The fourth-order valence-electron chi connectivity index (χ4n) is 2.83. The molecule has 0 spiro atoms. The van der Waals surface area contributed by atoms with Gasteiger partial charge < -0.3 is 10.1 Å². The Hall–Kier alpha value is -1.77. The number of aryl methyl sites for hydroxylation is 1. The summed E-state index contributed by atoms with van der Waals surface area (Å²) < 4.78 is 0. The maximum atomic E-state index is 9.87. The Morgan fingerprint density at radius 1 is 1.15 bits per heavy atom. The van der Waals surface area contributed by atoms with Crippen molar-refractivity contribution in [3.63, 3.8) is 0 Å². The van der Waals surface area contributed by atoms with E-state index >= 15 is 0 Å². The fourth-order valence-corrected chi connectivity index (χ4v) is 3.03. The maximum Gasteiger partial charge on any atom is 0.0541 e. The van der Waals surface area contributed by atoms with Crippen LogP contribution < -0.4 is 0 Å². The average Bonchev–Trinajstić information content (AvgIpc) is 2.77. The number of rotatable bonds is 3. The SMILES string of the molecule is Cc1[nH]c2ccccc2c1[C@H](CO)c1cccc(Cl)c1. The van der Waals surface area contributed by atoms with Gasteiger partial charge in [0.05, 0.1) is 6.61 Å². The molecule has 0 radical (unpaired) electrons. The Morgan fingerprint density at radius 3 is 2.70 bits per heavy atom. The average molecular weight is 286 g/mol. The maximum absolute atomic E-state index is 9.87. The van der Waals surface area contributed by atoms with Gasteiger partial charge in [0.25, 0.3) is 0 Å². The van der Waals surface area contributed by atoms with Crippen molar-refractivity contribution in [2.75, 3.05) is 6.61 Å². The Morgan fingerprint density at radius 2 is 1.95 bits per heavy atom. The number of benzene rings is 2. The van der Waals surface area contributed by atoms with Gasteiger partial charge in [0, 0.05) is 27.5 Å². The van der Waals surface area contributed by atoms with E-state index in [9.17, 15) is 5.11 Å². The standard InChI is InChI=1S/C17H16ClNO/c1-11-17(14-7-2-3-8-16(14)19-11)15(10-20)12-5-4-6-13(18)9-12/h2-9,15,19-20H,10H2,1H3/t15-/m1/s1. The van der Waals surface area contributed by atoms with Gasteiger partial charge in [0.1, 0.15) is 0 Å². The van der Waals surface area contributed by atoms with E-state index in [1.807, 2.05) is 43.3 Å². The zero-order valence-corrected chi connectivity index (χ0v) is 12.0. The topological polar surface area (TPSA) is 36.0 Å². The van der Waals surface area contributed by atoms with Crippen LogP contribution in [0.1, 0.15) is 22.7 Å². The molecule has 0 saturated heterocycles. The van der Waals surface area contributed by atoms with Crippen LogP contribution in [0.25, 0.3) is 10.9 Å². The fraction of sp³-hybridized carbons (Fsp3) is 0.176. The molecule has 0 aliphatic rings. The second-order valence-corrected chi connectivity index (χ2v) is 5.44. The molecule has 3 heteroatoms. The summed E-state index contributed by atoms with van der Waals surface area (Å²) in [6, 6.07) is 15.9. The predicted octanol–water partition coefficient (Wildman–Crippen LogP) is 4.25. The van der Waals surface area contributed by atoms with Crippen molar-refractivity contribution in [3.05, 3.63) is 70.4 Å². The van der Waals surface area contributed by atoms with E-state index in [1.165, 1.54) is 0 Å². The lowest BCUT2D eigenvalue weighted by Crippen LogP contribution is -2.07. The molecule has 1 heterocycles. The Balaban J connectivity index is 2.19. The number of aromatic amines is 1. The molecule has 1 aromatic heterocycles. The molecule has 0 amide bonds. The molecule has 1 atom stereocenters. The Bertz CT molecular complexity index is 748. The molecular formula is C17H16ClNO. The molecule has 2 nitrogen and oxygen atoms in total. The number of hydrogen-bond acceptors (Lipinski definition) is 1. The summed E-state index contributed by atoms with van der Waals surface area (Å²) in [6.07, 6.45) is 0. The van der Waals surface area contributed by atoms with E-state index < -0.39 is 0 Å². The second kappa shape index (κ2) is 5.31.